The molecule has 0 bridgehead atoms. The lowest BCUT2D eigenvalue weighted by Crippen LogP contribution is -2.10. The summed E-state index contributed by atoms with van der Waals surface area (Å²) in [4.78, 5) is 0. The molecule has 2 heteroatoms. The standard InChI is InChI=1S/C15H22O2/c1-11(15(2,3)4)14(17-6)12-8-7-9-13(10-12)16-5/h7-10H,1-6H3/b14-11+. The molecule has 0 radical (unpaired) electrons. The van der Waals surface area contributed by atoms with Gasteiger partial charge in [0.05, 0.1) is 14.2 Å². The smallest absolute Gasteiger partial charge is 0.125 e. The maximum Gasteiger partial charge on any atom is 0.125 e. The highest BCUT2D eigenvalue weighted by Gasteiger charge is 2.19. The molecular formula is C15H22O2. The fourth-order valence-electron chi connectivity index (χ4n) is 1.59. The number of ether oxygens (including phenoxy) is 2. The summed E-state index contributed by atoms with van der Waals surface area (Å²) in [7, 11) is 3.38. The van der Waals surface area contributed by atoms with Gasteiger partial charge in [0.15, 0.2) is 0 Å². The van der Waals surface area contributed by atoms with Gasteiger partial charge in [-0.15, -0.1) is 0 Å². The Morgan fingerprint density at radius 3 is 2.24 bits per heavy atom. The van der Waals surface area contributed by atoms with Gasteiger partial charge in [-0.05, 0) is 30.0 Å². The zero-order valence-corrected chi connectivity index (χ0v) is 11.6. The summed E-state index contributed by atoms with van der Waals surface area (Å²) in [5, 5.41) is 0. The van der Waals surface area contributed by atoms with Crippen molar-refractivity contribution in [3.05, 3.63) is 35.4 Å². The molecule has 0 saturated heterocycles. The molecule has 0 N–H and O–H groups in total. The average molecular weight is 234 g/mol. The minimum Gasteiger partial charge on any atom is -0.497 e. The van der Waals surface area contributed by atoms with Crippen LogP contribution in [0.15, 0.2) is 29.8 Å². The lowest BCUT2D eigenvalue weighted by Gasteiger charge is -2.23. The lowest BCUT2D eigenvalue weighted by atomic mass is 9.85. The molecule has 0 unspecified atom stereocenters. The van der Waals surface area contributed by atoms with E-state index >= 15 is 0 Å². The maximum atomic E-state index is 5.55. The molecule has 0 fully saturated rings. The average Bonchev–Trinajstić information content (AvgIpc) is 2.29. The van der Waals surface area contributed by atoms with Gasteiger partial charge in [0.2, 0.25) is 0 Å². The molecule has 1 aromatic carbocycles. The second-order valence-electron chi connectivity index (χ2n) is 5.14. The Hall–Kier alpha value is -1.44. The Balaban J connectivity index is 3.27. The van der Waals surface area contributed by atoms with Gasteiger partial charge in [-0.1, -0.05) is 32.9 Å². The molecule has 0 aliphatic heterocycles. The molecule has 0 aliphatic carbocycles. The van der Waals surface area contributed by atoms with Crippen LogP contribution in [0, 0.1) is 5.41 Å². The van der Waals surface area contributed by atoms with Gasteiger partial charge in [0.1, 0.15) is 11.5 Å². The minimum atomic E-state index is 0.0917. The number of hydrogen-bond donors (Lipinski definition) is 0. The Kier molecular flexibility index (Phi) is 4.22. The largest absolute Gasteiger partial charge is 0.497 e. The van der Waals surface area contributed by atoms with Crippen LogP contribution in [0.25, 0.3) is 5.76 Å². The van der Waals surface area contributed by atoms with Crippen LogP contribution in [0.3, 0.4) is 0 Å². The van der Waals surface area contributed by atoms with Crippen molar-refractivity contribution in [3.8, 4) is 5.75 Å². The van der Waals surface area contributed by atoms with Crippen molar-refractivity contribution in [1.82, 2.24) is 0 Å². The van der Waals surface area contributed by atoms with Gasteiger partial charge in [-0.3, -0.25) is 0 Å². The third kappa shape index (κ3) is 3.26. The third-order valence-corrected chi connectivity index (χ3v) is 3.00. The van der Waals surface area contributed by atoms with Crippen LogP contribution in [0.4, 0.5) is 0 Å². The zero-order chi connectivity index (χ0) is 13.1. The fraction of sp³-hybridized carbons (Fsp3) is 0.467. The maximum absolute atomic E-state index is 5.55. The first kappa shape index (κ1) is 13.6. The van der Waals surface area contributed by atoms with Crippen LogP contribution in [-0.2, 0) is 4.74 Å². The van der Waals surface area contributed by atoms with Crippen LogP contribution in [0.5, 0.6) is 5.75 Å². The van der Waals surface area contributed by atoms with Crippen molar-refractivity contribution in [3.63, 3.8) is 0 Å². The van der Waals surface area contributed by atoms with E-state index in [0.29, 0.717) is 0 Å². The quantitative estimate of drug-likeness (QED) is 0.732. The van der Waals surface area contributed by atoms with Crippen molar-refractivity contribution in [2.75, 3.05) is 14.2 Å². The number of rotatable bonds is 3. The summed E-state index contributed by atoms with van der Waals surface area (Å²) >= 11 is 0. The first-order chi connectivity index (χ1) is 7.90. The van der Waals surface area contributed by atoms with Gasteiger partial charge in [-0.2, -0.15) is 0 Å². The van der Waals surface area contributed by atoms with E-state index in [1.54, 1.807) is 14.2 Å². The van der Waals surface area contributed by atoms with E-state index < -0.39 is 0 Å². The Morgan fingerprint density at radius 2 is 1.76 bits per heavy atom. The van der Waals surface area contributed by atoms with Crippen LogP contribution in [-0.4, -0.2) is 14.2 Å². The molecule has 94 valence electrons. The topological polar surface area (TPSA) is 18.5 Å². The predicted octanol–water partition coefficient (Wildman–Crippen LogP) is 4.12. The van der Waals surface area contributed by atoms with Gasteiger partial charge in [-0.25, -0.2) is 0 Å². The number of benzene rings is 1. The Morgan fingerprint density at radius 1 is 1.12 bits per heavy atom. The third-order valence-electron chi connectivity index (χ3n) is 3.00. The molecule has 17 heavy (non-hydrogen) atoms. The molecule has 0 spiro atoms. The Labute approximate surface area is 104 Å². The van der Waals surface area contributed by atoms with Crippen LogP contribution in [0.2, 0.25) is 0 Å². The molecule has 0 aliphatic rings. The molecule has 2 nitrogen and oxygen atoms in total. The molecule has 0 aromatic heterocycles. The molecular weight excluding hydrogens is 212 g/mol. The number of allylic oxidation sites excluding steroid dienone is 1. The first-order valence-electron chi connectivity index (χ1n) is 5.80. The van der Waals surface area contributed by atoms with E-state index in [-0.39, 0.29) is 5.41 Å². The van der Waals surface area contributed by atoms with Crippen LogP contribution in [0.1, 0.15) is 33.3 Å². The van der Waals surface area contributed by atoms with Crippen molar-refractivity contribution >= 4 is 5.76 Å². The SMILES string of the molecule is CO/C(=C(\C)C(C)(C)C)c1cccc(OC)c1. The summed E-state index contributed by atoms with van der Waals surface area (Å²) in [5.74, 6) is 1.77. The summed E-state index contributed by atoms with van der Waals surface area (Å²) in [6.45, 7) is 8.66. The summed E-state index contributed by atoms with van der Waals surface area (Å²) in [5.41, 5.74) is 2.38. The van der Waals surface area contributed by atoms with E-state index in [1.165, 1.54) is 5.57 Å². The van der Waals surface area contributed by atoms with Crippen molar-refractivity contribution < 1.29 is 9.47 Å². The number of hydrogen-bond acceptors (Lipinski definition) is 2. The van der Waals surface area contributed by atoms with E-state index in [1.807, 2.05) is 24.3 Å². The van der Waals surface area contributed by atoms with Crippen molar-refractivity contribution in [2.24, 2.45) is 5.41 Å². The second-order valence-corrected chi connectivity index (χ2v) is 5.14. The highest BCUT2D eigenvalue weighted by Crippen LogP contribution is 2.33. The van der Waals surface area contributed by atoms with Crippen LogP contribution < -0.4 is 4.74 Å². The predicted molar refractivity (Wildman–Crippen MR) is 72.1 cm³/mol. The van der Waals surface area contributed by atoms with Gasteiger partial charge < -0.3 is 9.47 Å². The number of methoxy groups -OCH3 is 2. The van der Waals surface area contributed by atoms with Crippen molar-refractivity contribution in [2.45, 2.75) is 27.7 Å². The molecule has 1 aromatic rings. The first-order valence-corrected chi connectivity index (χ1v) is 5.80. The fourth-order valence-corrected chi connectivity index (χ4v) is 1.59. The van der Waals surface area contributed by atoms with Gasteiger partial charge in [0.25, 0.3) is 0 Å². The van der Waals surface area contributed by atoms with E-state index in [9.17, 15) is 0 Å². The monoisotopic (exact) mass is 234 g/mol. The van der Waals surface area contributed by atoms with E-state index in [4.69, 9.17) is 9.47 Å². The summed E-state index contributed by atoms with van der Waals surface area (Å²) in [6.07, 6.45) is 0. The molecule has 0 amide bonds. The van der Waals surface area contributed by atoms with Gasteiger partial charge >= 0.3 is 0 Å². The molecule has 0 atom stereocenters. The second kappa shape index (κ2) is 5.26. The summed E-state index contributed by atoms with van der Waals surface area (Å²) < 4.78 is 10.8. The lowest BCUT2D eigenvalue weighted by molar-refractivity contribution is 0.353. The highest BCUT2D eigenvalue weighted by atomic mass is 16.5. The van der Waals surface area contributed by atoms with Crippen LogP contribution >= 0.6 is 0 Å². The van der Waals surface area contributed by atoms with E-state index in [0.717, 1.165) is 17.1 Å². The summed E-state index contributed by atoms with van der Waals surface area (Å²) in [6, 6.07) is 7.94. The molecule has 0 heterocycles. The zero-order valence-electron chi connectivity index (χ0n) is 11.6. The minimum absolute atomic E-state index is 0.0917. The Bertz CT molecular complexity index is 411. The van der Waals surface area contributed by atoms with Gasteiger partial charge in [0, 0.05) is 5.56 Å². The normalized spacial score (nSPS) is 13.1. The van der Waals surface area contributed by atoms with Crippen molar-refractivity contribution in [1.29, 1.82) is 0 Å². The highest BCUT2D eigenvalue weighted by molar-refractivity contribution is 5.65. The van der Waals surface area contributed by atoms with E-state index in [2.05, 4.69) is 27.7 Å². The molecule has 0 saturated carbocycles. The molecule has 1 rings (SSSR count).